The number of ether oxygens (including phenoxy) is 3. The molecule has 0 spiro atoms. The Balaban J connectivity index is 1.52. The number of carbonyl (C=O) groups is 2. The van der Waals surface area contributed by atoms with Crippen molar-refractivity contribution in [3.63, 3.8) is 0 Å². The second kappa shape index (κ2) is 11.8. The number of hydrogen-bond acceptors (Lipinski definition) is 7. The zero-order chi connectivity index (χ0) is 24.5. The summed E-state index contributed by atoms with van der Waals surface area (Å²) >= 11 is 0. The SMILES string of the molecule is COc1ccccc1CNC(=O)CN1CCOCCOc2ccccc2Nc2ncccc2C1=O. The number of methoxy groups -OCH3 is 1. The van der Waals surface area contributed by atoms with Gasteiger partial charge in [0.2, 0.25) is 5.91 Å². The third kappa shape index (κ3) is 6.27. The number of carbonyl (C=O) groups excluding carboxylic acids is 2. The van der Waals surface area contributed by atoms with Gasteiger partial charge >= 0.3 is 0 Å². The van der Waals surface area contributed by atoms with Gasteiger partial charge in [0.1, 0.15) is 23.9 Å². The number of nitrogens with one attached hydrogen (secondary N) is 2. The summed E-state index contributed by atoms with van der Waals surface area (Å²) in [5.41, 5.74) is 1.88. The van der Waals surface area contributed by atoms with Gasteiger partial charge in [-0.3, -0.25) is 9.59 Å². The summed E-state index contributed by atoms with van der Waals surface area (Å²) in [6.45, 7) is 1.36. The highest BCUT2D eigenvalue weighted by Gasteiger charge is 2.23. The molecule has 0 bridgehead atoms. The van der Waals surface area contributed by atoms with E-state index in [4.69, 9.17) is 14.2 Å². The number of amides is 2. The molecule has 0 atom stereocenters. The number of benzene rings is 2. The molecule has 1 aliphatic rings. The van der Waals surface area contributed by atoms with E-state index < -0.39 is 0 Å². The van der Waals surface area contributed by atoms with Crippen molar-refractivity contribution in [2.75, 3.05) is 45.3 Å². The molecule has 1 aliphatic heterocycles. The first-order valence-electron chi connectivity index (χ1n) is 11.3. The average molecular weight is 477 g/mol. The lowest BCUT2D eigenvalue weighted by Gasteiger charge is -2.23. The third-order valence-electron chi connectivity index (χ3n) is 5.46. The molecule has 182 valence electrons. The van der Waals surface area contributed by atoms with Crippen LogP contribution in [-0.2, 0) is 16.1 Å². The summed E-state index contributed by atoms with van der Waals surface area (Å²) in [7, 11) is 1.58. The Morgan fingerprint density at radius 1 is 1.09 bits per heavy atom. The Labute approximate surface area is 204 Å². The molecule has 9 heteroatoms. The molecular formula is C26H28N4O5. The van der Waals surface area contributed by atoms with E-state index in [0.29, 0.717) is 41.8 Å². The van der Waals surface area contributed by atoms with Gasteiger partial charge in [-0.25, -0.2) is 4.98 Å². The van der Waals surface area contributed by atoms with Crippen molar-refractivity contribution in [1.82, 2.24) is 15.2 Å². The number of pyridine rings is 1. The van der Waals surface area contributed by atoms with Gasteiger partial charge in [-0.2, -0.15) is 0 Å². The van der Waals surface area contributed by atoms with Crippen LogP contribution < -0.4 is 20.1 Å². The molecule has 4 rings (SSSR count). The Morgan fingerprint density at radius 2 is 1.91 bits per heavy atom. The zero-order valence-corrected chi connectivity index (χ0v) is 19.5. The third-order valence-corrected chi connectivity index (χ3v) is 5.46. The first kappa shape index (κ1) is 24.0. The van der Waals surface area contributed by atoms with Crippen LogP contribution in [0.2, 0.25) is 0 Å². The molecule has 0 aliphatic carbocycles. The van der Waals surface area contributed by atoms with E-state index in [1.165, 1.54) is 4.90 Å². The lowest BCUT2D eigenvalue weighted by Crippen LogP contribution is -2.42. The van der Waals surface area contributed by atoms with E-state index in [1.807, 2.05) is 48.5 Å². The number of rotatable bonds is 5. The monoisotopic (exact) mass is 476 g/mol. The fourth-order valence-corrected chi connectivity index (χ4v) is 3.68. The van der Waals surface area contributed by atoms with Gasteiger partial charge in [-0.05, 0) is 30.3 Å². The molecule has 3 aromatic rings. The molecule has 2 aromatic carbocycles. The zero-order valence-electron chi connectivity index (χ0n) is 19.5. The van der Waals surface area contributed by atoms with Gasteiger partial charge in [0.15, 0.2) is 0 Å². The lowest BCUT2D eigenvalue weighted by atomic mass is 10.2. The quantitative estimate of drug-likeness (QED) is 0.584. The van der Waals surface area contributed by atoms with Gasteiger partial charge in [-0.1, -0.05) is 30.3 Å². The van der Waals surface area contributed by atoms with E-state index in [2.05, 4.69) is 15.6 Å². The second-order valence-electron chi connectivity index (χ2n) is 7.80. The average Bonchev–Trinajstić information content (AvgIpc) is 2.90. The number of anilines is 2. The van der Waals surface area contributed by atoms with Gasteiger partial charge in [0, 0.05) is 24.8 Å². The minimum Gasteiger partial charge on any atom is -0.496 e. The summed E-state index contributed by atoms with van der Waals surface area (Å²) < 4.78 is 16.8. The fourth-order valence-electron chi connectivity index (χ4n) is 3.68. The topological polar surface area (TPSA) is 102 Å². The maximum Gasteiger partial charge on any atom is 0.258 e. The first-order chi connectivity index (χ1) is 17.2. The first-order valence-corrected chi connectivity index (χ1v) is 11.3. The summed E-state index contributed by atoms with van der Waals surface area (Å²) in [6, 6.07) is 18.3. The molecule has 0 radical (unpaired) electrons. The van der Waals surface area contributed by atoms with Gasteiger partial charge < -0.3 is 29.7 Å². The molecule has 1 aromatic heterocycles. The molecule has 0 saturated heterocycles. The van der Waals surface area contributed by atoms with Crippen molar-refractivity contribution in [2.45, 2.75) is 6.54 Å². The predicted molar refractivity (Wildman–Crippen MR) is 131 cm³/mol. The lowest BCUT2D eigenvalue weighted by molar-refractivity contribution is -0.122. The molecule has 9 nitrogen and oxygen atoms in total. The van der Waals surface area contributed by atoms with Crippen molar-refractivity contribution < 1.29 is 23.8 Å². The molecular weight excluding hydrogens is 448 g/mol. The smallest absolute Gasteiger partial charge is 0.258 e. The van der Waals surface area contributed by atoms with Crippen LogP contribution in [0, 0.1) is 0 Å². The molecule has 35 heavy (non-hydrogen) atoms. The Kier molecular flexibility index (Phi) is 8.13. The highest BCUT2D eigenvalue weighted by Crippen LogP contribution is 2.28. The van der Waals surface area contributed by atoms with Crippen molar-refractivity contribution in [3.05, 3.63) is 78.0 Å². The largest absolute Gasteiger partial charge is 0.496 e. The van der Waals surface area contributed by atoms with Crippen LogP contribution in [0.5, 0.6) is 11.5 Å². The highest BCUT2D eigenvalue weighted by atomic mass is 16.5. The Hall–Kier alpha value is -4.11. The van der Waals surface area contributed by atoms with E-state index in [1.54, 1.807) is 25.4 Å². The number of aromatic nitrogens is 1. The van der Waals surface area contributed by atoms with Crippen LogP contribution >= 0.6 is 0 Å². The summed E-state index contributed by atoms with van der Waals surface area (Å²) in [4.78, 5) is 32.1. The number of hydrogen-bond donors (Lipinski definition) is 2. The molecule has 2 heterocycles. The predicted octanol–water partition coefficient (Wildman–Crippen LogP) is 3.00. The van der Waals surface area contributed by atoms with Gasteiger partial charge in [0.25, 0.3) is 5.91 Å². The van der Waals surface area contributed by atoms with Crippen LogP contribution in [0.3, 0.4) is 0 Å². The normalized spacial score (nSPS) is 14.1. The van der Waals surface area contributed by atoms with Gasteiger partial charge in [0.05, 0.1) is 38.1 Å². The van der Waals surface area contributed by atoms with Crippen LogP contribution in [-0.4, -0.2) is 61.7 Å². The maximum atomic E-state index is 13.5. The summed E-state index contributed by atoms with van der Waals surface area (Å²) in [5, 5.41) is 6.07. The Morgan fingerprint density at radius 3 is 2.80 bits per heavy atom. The Bertz CT molecular complexity index is 1170. The van der Waals surface area contributed by atoms with Gasteiger partial charge in [-0.15, -0.1) is 0 Å². The number of nitrogens with zero attached hydrogens (tertiary/aromatic N) is 2. The molecule has 2 N–H and O–H groups in total. The van der Waals surface area contributed by atoms with E-state index in [-0.39, 0.29) is 38.1 Å². The van der Waals surface area contributed by atoms with Crippen molar-refractivity contribution in [2.24, 2.45) is 0 Å². The molecule has 0 fully saturated rings. The molecule has 0 saturated carbocycles. The second-order valence-corrected chi connectivity index (χ2v) is 7.80. The minimum atomic E-state index is -0.325. The number of para-hydroxylation sites is 3. The van der Waals surface area contributed by atoms with E-state index >= 15 is 0 Å². The molecule has 2 amide bonds. The summed E-state index contributed by atoms with van der Waals surface area (Å²) in [6.07, 6.45) is 1.61. The van der Waals surface area contributed by atoms with Crippen molar-refractivity contribution in [3.8, 4) is 11.5 Å². The van der Waals surface area contributed by atoms with Crippen LogP contribution in [0.25, 0.3) is 0 Å². The fraction of sp³-hybridized carbons (Fsp3) is 0.269. The highest BCUT2D eigenvalue weighted by molar-refractivity contribution is 6.01. The van der Waals surface area contributed by atoms with Crippen molar-refractivity contribution in [1.29, 1.82) is 0 Å². The minimum absolute atomic E-state index is 0.126. The van der Waals surface area contributed by atoms with Crippen LogP contribution in [0.4, 0.5) is 11.5 Å². The van der Waals surface area contributed by atoms with Crippen LogP contribution in [0.1, 0.15) is 15.9 Å². The van der Waals surface area contributed by atoms with E-state index in [9.17, 15) is 9.59 Å². The molecule has 0 unspecified atom stereocenters. The van der Waals surface area contributed by atoms with Crippen molar-refractivity contribution >= 4 is 23.3 Å². The van der Waals surface area contributed by atoms with Crippen LogP contribution in [0.15, 0.2) is 66.9 Å². The summed E-state index contributed by atoms with van der Waals surface area (Å²) in [5.74, 6) is 1.09. The maximum absolute atomic E-state index is 13.5. The van der Waals surface area contributed by atoms with E-state index in [0.717, 1.165) is 5.56 Å². The standard InChI is InChI=1S/C26H28N4O5/c1-33-22-10-4-2-7-19(22)17-28-24(31)18-30-13-14-34-15-16-35-23-11-5-3-9-21(23)29-25-20(26(30)32)8-6-12-27-25/h2-12H,13-18H2,1H3,(H,27,29)(H,28,31). The number of fused-ring (bicyclic) bond motifs is 2.